The standard InChI is InChI=1S/C15H21N3/c1-11(2)8-12-4-6-13(7-5-12)15-14(9-16-3)10-17-18-15/h4-7,10-11,16H,8-9H2,1-3H3,(H,17,18). The summed E-state index contributed by atoms with van der Waals surface area (Å²) in [6.07, 6.45) is 3.01. The van der Waals surface area contributed by atoms with Crippen LogP contribution in [0.5, 0.6) is 0 Å². The van der Waals surface area contributed by atoms with E-state index in [1.165, 1.54) is 16.7 Å². The highest BCUT2D eigenvalue weighted by Crippen LogP contribution is 2.22. The predicted octanol–water partition coefficient (Wildman–Crippen LogP) is 2.99. The van der Waals surface area contributed by atoms with E-state index in [2.05, 4.69) is 53.6 Å². The van der Waals surface area contributed by atoms with Crippen molar-refractivity contribution < 1.29 is 0 Å². The van der Waals surface area contributed by atoms with Crippen LogP contribution in [0, 0.1) is 5.92 Å². The Kier molecular flexibility index (Phi) is 4.15. The van der Waals surface area contributed by atoms with Gasteiger partial charge in [0.25, 0.3) is 0 Å². The second-order valence-corrected chi connectivity index (χ2v) is 5.10. The van der Waals surface area contributed by atoms with Crippen molar-refractivity contribution in [3.8, 4) is 11.3 Å². The van der Waals surface area contributed by atoms with Gasteiger partial charge in [0.05, 0.1) is 11.9 Å². The number of aromatic amines is 1. The molecule has 0 spiro atoms. The van der Waals surface area contributed by atoms with E-state index in [-0.39, 0.29) is 0 Å². The molecule has 2 rings (SSSR count). The van der Waals surface area contributed by atoms with Crippen LogP contribution >= 0.6 is 0 Å². The number of nitrogens with one attached hydrogen (secondary N) is 2. The Morgan fingerprint density at radius 2 is 1.94 bits per heavy atom. The van der Waals surface area contributed by atoms with Crippen LogP contribution in [0.25, 0.3) is 11.3 Å². The second kappa shape index (κ2) is 5.83. The maximum absolute atomic E-state index is 4.12. The molecule has 1 aromatic heterocycles. The van der Waals surface area contributed by atoms with E-state index >= 15 is 0 Å². The lowest BCUT2D eigenvalue weighted by Crippen LogP contribution is -2.05. The lowest BCUT2D eigenvalue weighted by molar-refractivity contribution is 0.647. The average molecular weight is 243 g/mol. The zero-order valence-electron chi connectivity index (χ0n) is 11.3. The number of hydrogen-bond donors (Lipinski definition) is 2. The molecule has 2 N–H and O–H groups in total. The van der Waals surface area contributed by atoms with Gasteiger partial charge in [0.2, 0.25) is 0 Å². The van der Waals surface area contributed by atoms with Crippen molar-refractivity contribution in [3.63, 3.8) is 0 Å². The summed E-state index contributed by atoms with van der Waals surface area (Å²) in [7, 11) is 1.95. The number of H-pyrrole nitrogens is 1. The summed E-state index contributed by atoms with van der Waals surface area (Å²) in [6, 6.07) is 8.76. The third-order valence-electron chi connectivity index (χ3n) is 2.97. The maximum Gasteiger partial charge on any atom is 0.0695 e. The molecule has 0 saturated heterocycles. The average Bonchev–Trinajstić information content (AvgIpc) is 2.78. The van der Waals surface area contributed by atoms with Gasteiger partial charge in [0.15, 0.2) is 0 Å². The van der Waals surface area contributed by atoms with Gasteiger partial charge in [-0.3, -0.25) is 5.10 Å². The van der Waals surface area contributed by atoms with Gasteiger partial charge >= 0.3 is 0 Å². The molecule has 3 heteroatoms. The largest absolute Gasteiger partial charge is 0.316 e. The van der Waals surface area contributed by atoms with Gasteiger partial charge in [-0.1, -0.05) is 38.1 Å². The molecule has 0 atom stereocenters. The van der Waals surface area contributed by atoms with Crippen LogP contribution in [-0.2, 0) is 13.0 Å². The quantitative estimate of drug-likeness (QED) is 0.847. The minimum atomic E-state index is 0.697. The summed E-state index contributed by atoms with van der Waals surface area (Å²) in [5.74, 6) is 0.697. The van der Waals surface area contributed by atoms with E-state index in [1.54, 1.807) is 0 Å². The number of hydrogen-bond acceptors (Lipinski definition) is 2. The predicted molar refractivity (Wildman–Crippen MR) is 75.3 cm³/mol. The van der Waals surface area contributed by atoms with Crippen molar-refractivity contribution in [2.75, 3.05) is 7.05 Å². The van der Waals surface area contributed by atoms with Crippen molar-refractivity contribution in [2.45, 2.75) is 26.8 Å². The topological polar surface area (TPSA) is 40.7 Å². The zero-order valence-corrected chi connectivity index (χ0v) is 11.3. The Labute approximate surface area is 109 Å². The number of nitrogens with zero attached hydrogens (tertiary/aromatic N) is 1. The second-order valence-electron chi connectivity index (χ2n) is 5.10. The smallest absolute Gasteiger partial charge is 0.0695 e. The third-order valence-corrected chi connectivity index (χ3v) is 2.97. The Balaban J connectivity index is 2.20. The molecule has 0 saturated carbocycles. The van der Waals surface area contributed by atoms with Gasteiger partial charge in [-0.15, -0.1) is 0 Å². The van der Waals surface area contributed by atoms with Crippen molar-refractivity contribution >= 4 is 0 Å². The monoisotopic (exact) mass is 243 g/mol. The van der Waals surface area contributed by atoms with Crippen LogP contribution in [0.4, 0.5) is 0 Å². The normalized spacial score (nSPS) is 11.1. The summed E-state index contributed by atoms with van der Waals surface area (Å²) in [5, 5.41) is 10.4. The summed E-state index contributed by atoms with van der Waals surface area (Å²) < 4.78 is 0. The third kappa shape index (κ3) is 2.99. The fraction of sp³-hybridized carbons (Fsp3) is 0.400. The summed E-state index contributed by atoms with van der Waals surface area (Å²) in [4.78, 5) is 0. The highest BCUT2D eigenvalue weighted by molar-refractivity contribution is 5.62. The number of aromatic nitrogens is 2. The van der Waals surface area contributed by atoms with Gasteiger partial charge in [0.1, 0.15) is 0 Å². The fourth-order valence-electron chi connectivity index (χ4n) is 2.16. The molecule has 0 fully saturated rings. The lowest BCUT2D eigenvalue weighted by atomic mass is 10.00. The molecule has 0 aliphatic carbocycles. The minimum absolute atomic E-state index is 0.697. The van der Waals surface area contributed by atoms with E-state index in [1.807, 2.05) is 13.2 Å². The number of rotatable bonds is 5. The molecule has 2 aromatic rings. The van der Waals surface area contributed by atoms with Gasteiger partial charge in [-0.05, 0) is 30.5 Å². The van der Waals surface area contributed by atoms with Gasteiger partial charge in [0, 0.05) is 12.1 Å². The Bertz CT molecular complexity index is 483. The summed E-state index contributed by atoms with van der Waals surface area (Å²) in [6.45, 7) is 5.32. The molecule has 0 bridgehead atoms. The molecule has 3 nitrogen and oxygen atoms in total. The first-order valence-corrected chi connectivity index (χ1v) is 6.47. The molecule has 0 amide bonds. The Hall–Kier alpha value is -1.61. The first-order valence-electron chi connectivity index (χ1n) is 6.47. The minimum Gasteiger partial charge on any atom is -0.316 e. The van der Waals surface area contributed by atoms with Crippen LogP contribution in [0.1, 0.15) is 25.0 Å². The SMILES string of the molecule is CNCc1cn[nH]c1-c1ccc(CC(C)C)cc1. The Morgan fingerprint density at radius 1 is 1.22 bits per heavy atom. The molecule has 18 heavy (non-hydrogen) atoms. The van der Waals surface area contributed by atoms with Crippen LogP contribution in [-0.4, -0.2) is 17.2 Å². The summed E-state index contributed by atoms with van der Waals surface area (Å²) in [5.41, 5.74) is 4.91. The first-order chi connectivity index (χ1) is 8.70. The molecular weight excluding hydrogens is 222 g/mol. The molecule has 96 valence electrons. The molecule has 0 radical (unpaired) electrons. The van der Waals surface area contributed by atoms with E-state index in [4.69, 9.17) is 0 Å². The fourth-order valence-corrected chi connectivity index (χ4v) is 2.16. The highest BCUT2D eigenvalue weighted by Gasteiger charge is 2.07. The molecular formula is C15H21N3. The molecule has 1 heterocycles. The Morgan fingerprint density at radius 3 is 2.56 bits per heavy atom. The molecule has 0 aliphatic heterocycles. The first kappa shape index (κ1) is 12.8. The van der Waals surface area contributed by atoms with Crippen LogP contribution in [0.3, 0.4) is 0 Å². The van der Waals surface area contributed by atoms with Crippen LogP contribution in [0.15, 0.2) is 30.5 Å². The van der Waals surface area contributed by atoms with Crippen molar-refractivity contribution in [1.82, 2.24) is 15.5 Å². The van der Waals surface area contributed by atoms with E-state index < -0.39 is 0 Å². The van der Waals surface area contributed by atoms with E-state index in [0.29, 0.717) is 5.92 Å². The molecule has 0 unspecified atom stereocenters. The number of benzene rings is 1. The van der Waals surface area contributed by atoms with Crippen molar-refractivity contribution in [3.05, 3.63) is 41.6 Å². The van der Waals surface area contributed by atoms with Gasteiger partial charge in [-0.25, -0.2) is 0 Å². The lowest BCUT2D eigenvalue weighted by Gasteiger charge is -2.07. The zero-order chi connectivity index (χ0) is 13.0. The highest BCUT2D eigenvalue weighted by atomic mass is 15.1. The van der Waals surface area contributed by atoms with E-state index in [0.717, 1.165) is 18.7 Å². The molecule has 1 aromatic carbocycles. The van der Waals surface area contributed by atoms with Crippen molar-refractivity contribution in [2.24, 2.45) is 5.92 Å². The molecule has 0 aliphatic rings. The van der Waals surface area contributed by atoms with Crippen LogP contribution in [0.2, 0.25) is 0 Å². The van der Waals surface area contributed by atoms with Crippen LogP contribution < -0.4 is 5.32 Å². The summed E-state index contributed by atoms with van der Waals surface area (Å²) >= 11 is 0. The van der Waals surface area contributed by atoms with Gasteiger partial charge in [-0.2, -0.15) is 5.10 Å². The van der Waals surface area contributed by atoms with E-state index in [9.17, 15) is 0 Å². The van der Waals surface area contributed by atoms with Crippen molar-refractivity contribution in [1.29, 1.82) is 0 Å². The maximum atomic E-state index is 4.12. The van der Waals surface area contributed by atoms with Gasteiger partial charge < -0.3 is 5.32 Å².